The third-order valence-corrected chi connectivity index (χ3v) is 8.18. The Bertz CT molecular complexity index is 1600. The molecular weight excluding hydrogens is 597 g/mol. The molecule has 1 fully saturated rings. The summed E-state index contributed by atoms with van der Waals surface area (Å²) in [5, 5.41) is 11.7. The molecule has 4 rings (SSSR count). The van der Waals surface area contributed by atoms with E-state index in [1.165, 1.54) is 7.11 Å². The first-order chi connectivity index (χ1) is 19.6. The molecule has 0 bridgehead atoms. The fourth-order valence-corrected chi connectivity index (χ4v) is 5.78. The number of amides is 1. The first-order valence-electron chi connectivity index (χ1n) is 12.3. The maximum absolute atomic E-state index is 13.4. The second kappa shape index (κ2) is 13.3. The van der Waals surface area contributed by atoms with Crippen molar-refractivity contribution in [2.45, 2.75) is 13.0 Å². The number of carbonyl (C=O) groups is 1. The van der Waals surface area contributed by atoms with Crippen LogP contribution >= 0.6 is 23.2 Å². The highest BCUT2D eigenvalue weighted by Crippen LogP contribution is 2.34. The third-order valence-electron chi connectivity index (χ3n) is 6.03. The number of hydrazine groups is 1. The molecule has 1 aliphatic rings. The van der Waals surface area contributed by atoms with Crippen molar-refractivity contribution in [3.8, 4) is 28.9 Å². The number of methoxy groups -OCH3 is 1. The molecule has 1 aliphatic heterocycles. The average molecular weight is 622 g/mol. The summed E-state index contributed by atoms with van der Waals surface area (Å²) in [4.78, 5) is 32.6. The molecule has 0 unspecified atom stereocenters. The highest BCUT2D eigenvalue weighted by molar-refractivity contribution is 7.91. The molecule has 216 valence electrons. The van der Waals surface area contributed by atoms with Crippen molar-refractivity contribution in [3.63, 3.8) is 0 Å². The van der Waals surface area contributed by atoms with Gasteiger partial charge in [-0.15, -0.1) is 10.1 Å². The summed E-state index contributed by atoms with van der Waals surface area (Å²) in [5.74, 6) is 5.46. The number of carbonyl (C=O) groups excluding carboxylic acids is 1. The van der Waals surface area contributed by atoms with E-state index in [1.54, 1.807) is 52.0 Å². The Balaban J connectivity index is 1.72. The number of nitrogens with zero attached hydrogens (tertiary/aromatic N) is 4. The van der Waals surface area contributed by atoms with Crippen LogP contribution in [0.3, 0.4) is 0 Å². The number of imidazole rings is 1. The van der Waals surface area contributed by atoms with Gasteiger partial charge < -0.3 is 9.57 Å². The number of ether oxygens (including phenoxy) is 1. The molecule has 2 heterocycles. The van der Waals surface area contributed by atoms with Crippen molar-refractivity contribution >= 4 is 38.9 Å². The number of rotatable bonds is 9. The van der Waals surface area contributed by atoms with Gasteiger partial charge in [-0.3, -0.25) is 14.8 Å². The van der Waals surface area contributed by atoms with Crippen LogP contribution in [0.2, 0.25) is 10.0 Å². The molecule has 0 spiro atoms. The molecule has 0 radical (unpaired) electrons. The van der Waals surface area contributed by atoms with E-state index in [1.807, 2.05) is 0 Å². The average Bonchev–Trinajstić information content (AvgIpc) is 3.29. The highest BCUT2D eigenvalue weighted by atomic mass is 35.5. The molecule has 1 saturated heterocycles. The molecule has 0 aliphatic carbocycles. The van der Waals surface area contributed by atoms with Gasteiger partial charge >= 0.3 is 0 Å². The van der Waals surface area contributed by atoms with Crippen molar-refractivity contribution in [1.29, 1.82) is 0 Å². The van der Waals surface area contributed by atoms with Gasteiger partial charge in [-0.1, -0.05) is 35.0 Å². The summed E-state index contributed by atoms with van der Waals surface area (Å²) in [5.41, 5.74) is 5.09. The monoisotopic (exact) mass is 621 g/mol. The van der Waals surface area contributed by atoms with Crippen molar-refractivity contribution in [1.82, 2.24) is 20.0 Å². The topological polar surface area (TPSA) is 146 Å². The predicted molar refractivity (Wildman–Crippen MR) is 152 cm³/mol. The van der Waals surface area contributed by atoms with Crippen molar-refractivity contribution in [2.24, 2.45) is 0 Å². The zero-order valence-electron chi connectivity index (χ0n) is 21.8. The molecule has 41 heavy (non-hydrogen) atoms. The summed E-state index contributed by atoms with van der Waals surface area (Å²) in [6, 6.07) is 12.0. The Labute approximate surface area is 246 Å². The van der Waals surface area contributed by atoms with Crippen LogP contribution < -0.4 is 5.43 Å². The van der Waals surface area contributed by atoms with Crippen LogP contribution in [0.4, 0.5) is 0 Å². The van der Waals surface area contributed by atoms with Gasteiger partial charge in [-0.05, 0) is 42.5 Å². The van der Waals surface area contributed by atoms with Gasteiger partial charge in [0.2, 0.25) is 0 Å². The molecule has 15 heteroatoms. The van der Waals surface area contributed by atoms with Crippen LogP contribution in [0.1, 0.15) is 28.2 Å². The summed E-state index contributed by atoms with van der Waals surface area (Å²) >= 11 is 12.7. The van der Waals surface area contributed by atoms with Gasteiger partial charge in [0.15, 0.2) is 15.5 Å². The maximum Gasteiger partial charge on any atom is 0.294 e. The number of halogens is 2. The molecule has 0 atom stereocenters. The minimum Gasteiger partial charge on any atom is -0.378 e. The Morgan fingerprint density at radius 2 is 1.88 bits per heavy atom. The first-order valence-corrected chi connectivity index (χ1v) is 14.8. The molecular formula is C26H25Cl2N5O7S. The smallest absolute Gasteiger partial charge is 0.294 e. The summed E-state index contributed by atoms with van der Waals surface area (Å²) in [7, 11) is -1.64. The minimum absolute atomic E-state index is 0.0212. The predicted octanol–water partition coefficient (Wildman–Crippen LogP) is 3.32. The highest BCUT2D eigenvalue weighted by Gasteiger charge is 2.28. The first kappa shape index (κ1) is 30.3. The number of nitrogens with one attached hydrogen (secondary N) is 1. The lowest BCUT2D eigenvalue weighted by Crippen LogP contribution is -2.50. The molecule has 1 N–H and O–H groups in total. The summed E-state index contributed by atoms with van der Waals surface area (Å²) in [6.45, 7) is 0.208. The van der Waals surface area contributed by atoms with Crippen LogP contribution in [-0.2, 0) is 26.0 Å². The fourth-order valence-electron chi connectivity index (χ4n) is 4.09. The Kier molecular flexibility index (Phi) is 9.85. The molecule has 12 nitrogen and oxygen atoms in total. The Hall–Kier alpha value is -3.67. The molecule has 1 aromatic heterocycles. The van der Waals surface area contributed by atoms with Gasteiger partial charge in [0.25, 0.3) is 11.0 Å². The molecule has 3 aromatic rings. The number of hydrogen-bond donors (Lipinski definition) is 1. The van der Waals surface area contributed by atoms with Crippen molar-refractivity contribution in [2.75, 3.05) is 38.3 Å². The maximum atomic E-state index is 13.4. The Morgan fingerprint density at radius 3 is 2.51 bits per heavy atom. The van der Waals surface area contributed by atoms with E-state index >= 15 is 0 Å². The molecule has 0 saturated carbocycles. The number of hydrogen-bond acceptors (Lipinski definition) is 9. The standard InChI is InChI=1S/C26H25Cl2N5O7S/c1-39-17-23-24(26(34)30-31-11-14-41(37,38)15-12-31)29-25(21-10-7-19(27)16-22(21)28)32(23)20-8-5-18(6-9-20)4-2-3-13-40-33(35)36/h5-10,16H,3,11-15,17H2,1H3,(H,30,34). The zero-order valence-corrected chi connectivity index (χ0v) is 24.1. The molecule has 1 amide bonds. The number of sulfone groups is 1. The van der Waals surface area contributed by atoms with Gasteiger partial charge in [0.05, 0.1) is 28.8 Å². The van der Waals surface area contributed by atoms with Crippen LogP contribution in [-0.4, -0.2) is 72.3 Å². The second-order valence-corrected chi connectivity index (χ2v) is 12.0. The second-order valence-electron chi connectivity index (χ2n) is 8.86. The van der Waals surface area contributed by atoms with Gasteiger partial charge in [-0.2, -0.15) is 0 Å². The van der Waals surface area contributed by atoms with Crippen LogP contribution in [0.25, 0.3) is 17.1 Å². The van der Waals surface area contributed by atoms with E-state index in [-0.39, 0.29) is 49.9 Å². The van der Waals surface area contributed by atoms with E-state index in [0.29, 0.717) is 38.4 Å². The van der Waals surface area contributed by atoms with Gasteiger partial charge in [0.1, 0.15) is 12.4 Å². The van der Waals surface area contributed by atoms with Crippen LogP contribution in [0, 0.1) is 22.0 Å². The lowest BCUT2D eigenvalue weighted by atomic mass is 10.1. The molecule has 2 aromatic carbocycles. The van der Waals surface area contributed by atoms with E-state index < -0.39 is 20.8 Å². The minimum atomic E-state index is -3.13. The van der Waals surface area contributed by atoms with E-state index in [0.717, 1.165) is 0 Å². The summed E-state index contributed by atoms with van der Waals surface area (Å²) < 4.78 is 30.8. The zero-order chi connectivity index (χ0) is 29.6. The van der Waals surface area contributed by atoms with E-state index in [4.69, 9.17) is 27.9 Å². The van der Waals surface area contributed by atoms with Crippen molar-refractivity contribution in [3.05, 3.63) is 79.6 Å². The van der Waals surface area contributed by atoms with Crippen molar-refractivity contribution < 1.29 is 27.9 Å². The van der Waals surface area contributed by atoms with Crippen LogP contribution in [0.5, 0.6) is 0 Å². The summed E-state index contributed by atoms with van der Waals surface area (Å²) in [6.07, 6.45) is 0.183. The normalized spacial score (nSPS) is 14.6. The SMILES string of the molecule is COCc1c(C(=O)NN2CCS(=O)(=O)CC2)nc(-c2ccc(Cl)cc2Cl)n1-c1ccc(C#CCCO[N+](=O)[O-])cc1. The quantitative estimate of drug-likeness (QED) is 0.164. The third kappa shape index (κ3) is 7.75. The van der Waals surface area contributed by atoms with Gasteiger partial charge in [-0.25, -0.2) is 18.4 Å². The van der Waals surface area contributed by atoms with E-state index in [9.17, 15) is 23.3 Å². The lowest BCUT2D eigenvalue weighted by molar-refractivity contribution is -0.757. The Morgan fingerprint density at radius 1 is 1.17 bits per heavy atom. The fraction of sp³-hybridized carbons (Fsp3) is 0.308. The largest absolute Gasteiger partial charge is 0.378 e. The van der Waals surface area contributed by atoms with E-state index in [2.05, 4.69) is 27.1 Å². The lowest BCUT2D eigenvalue weighted by Gasteiger charge is -2.26. The van der Waals surface area contributed by atoms with Crippen LogP contribution in [0.15, 0.2) is 42.5 Å². The van der Waals surface area contributed by atoms with Gasteiger partial charge in [0, 0.05) is 48.5 Å². The number of aromatic nitrogens is 2. The number of benzene rings is 2.